The summed E-state index contributed by atoms with van der Waals surface area (Å²) in [7, 11) is 0. The van der Waals surface area contributed by atoms with Crippen LogP contribution in [0.3, 0.4) is 0 Å². The summed E-state index contributed by atoms with van der Waals surface area (Å²) < 4.78 is 29.2. The predicted octanol–water partition coefficient (Wildman–Crippen LogP) is 4.58. The van der Waals surface area contributed by atoms with Crippen molar-refractivity contribution in [3.05, 3.63) is 65.7 Å². The Bertz CT molecular complexity index is 1170. The summed E-state index contributed by atoms with van der Waals surface area (Å²) in [6, 6.07) is 15.7. The summed E-state index contributed by atoms with van der Waals surface area (Å²) in [6.07, 6.45) is 0.396. The molecule has 0 atom stereocenters. The first-order valence-electron chi connectivity index (χ1n) is 9.90. The monoisotopic (exact) mass is 423 g/mol. The van der Waals surface area contributed by atoms with Crippen molar-refractivity contribution in [3.63, 3.8) is 0 Å². The Balaban J connectivity index is 1.65. The first-order chi connectivity index (χ1) is 14.6. The van der Waals surface area contributed by atoms with Crippen LogP contribution >= 0.6 is 0 Å². The van der Waals surface area contributed by atoms with Gasteiger partial charge in [0.15, 0.2) is 0 Å². The van der Waals surface area contributed by atoms with Crippen molar-refractivity contribution in [1.29, 1.82) is 0 Å². The molecule has 4 aromatic rings. The van der Waals surface area contributed by atoms with E-state index in [1.807, 2.05) is 69.3 Å². The van der Waals surface area contributed by atoms with Crippen LogP contribution in [0.25, 0.3) is 22.5 Å². The van der Waals surface area contributed by atoms with Gasteiger partial charge in [0.25, 0.3) is 0 Å². The second kappa shape index (κ2) is 7.64. The first kappa shape index (κ1) is 20.8. The zero-order valence-electron chi connectivity index (χ0n) is 17.8. The van der Waals surface area contributed by atoms with Crippen molar-refractivity contribution in [3.8, 4) is 22.5 Å². The molecule has 0 unspecified atom stereocenters. The number of alkyl halides is 2. The molecular formula is C22H23F2N7. The van der Waals surface area contributed by atoms with Crippen LogP contribution in [-0.2, 0) is 17.9 Å². The van der Waals surface area contributed by atoms with Crippen molar-refractivity contribution in [2.24, 2.45) is 0 Å². The number of nitrogens with zero attached hydrogens (tertiary/aromatic N) is 6. The fourth-order valence-corrected chi connectivity index (χ4v) is 3.37. The Morgan fingerprint density at radius 1 is 0.935 bits per heavy atom. The number of aromatic nitrogens is 7. The molecule has 0 spiro atoms. The van der Waals surface area contributed by atoms with Crippen molar-refractivity contribution >= 4 is 0 Å². The molecule has 31 heavy (non-hydrogen) atoms. The lowest BCUT2D eigenvalue weighted by Crippen LogP contribution is -2.26. The van der Waals surface area contributed by atoms with E-state index in [-0.39, 0.29) is 0 Å². The zero-order chi connectivity index (χ0) is 22.2. The van der Waals surface area contributed by atoms with Gasteiger partial charge in [-0.3, -0.25) is 0 Å². The van der Waals surface area contributed by atoms with Crippen LogP contribution in [0.2, 0.25) is 0 Å². The van der Waals surface area contributed by atoms with E-state index in [0.717, 1.165) is 29.2 Å². The van der Waals surface area contributed by atoms with Gasteiger partial charge in [0.1, 0.15) is 5.82 Å². The van der Waals surface area contributed by atoms with Gasteiger partial charge in [-0.2, -0.15) is 14.0 Å². The molecule has 4 rings (SSSR count). The van der Waals surface area contributed by atoms with E-state index in [9.17, 15) is 8.78 Å². The summed E-state index contributed by atoms with van der Waals surface area (Å²) in [4.78, 5) is 4.15. The second-order valence-electron chi connectivity index (χ2n) is 8.48. The molecular weight excluding hydrogens is 400 g/mol. The lowest BCUT2D eigenvalue weighted by Gasteiger charge is -2.21. The smallest absolute Gasteiger partial charge is 0.244 e. The molecule has 0 radical (unpaired) electrons. The van der Waals surface area contributed by atoms with Crippen molar-refractivity contribution in [2.75, 3.05) is 0 Å². The lowest BCUT2D eigenvalue weighted by molar-refractivity contribution is 0.00714. The van der Waals surface area contributed by atoms with E-state index < -0.39 is 17.3 Å². The Morgan fingerprint density at radius 3 is 2.19 bits per heavy atom. The topological polar surface area (TPSA) is 85.2 Å². The normalized spacial score (nSPS) is 12.3. The van der Waals surface area contributed by atoms with E-state index in [1.165, 1.54) is 0 Å². The van der Waals surface area contributed by atoms with Gasteiger partial charge in [-0.1, -0.05) is 48.5 Å². The quantitative estimate of drug-likeness (QED) is 0.508. The number of hydrogen-bond acceptors (Lipinski definition) is 5. The molecule has 0 saturated carbocycles. The fraction of sp³-hybridized carbons (Fsp3) is 0.318. The van der Waals surface area contributed by atoms with Crippen LogP contribution in [0.15, 0.2) is 48.5 Å². The van der Waals surface area contributed by atoms with Crippen LogP contribution in [0.1, 0.15) is 44.9 Å². The average molecular weight is 423 g/mol. The number of nitrogens with one attached hydrogen (secondary N) is 1. The first-order valence-corrected chi connectivity index (χ1v) is 9.90. The Kier molecular flexibility index (Phi) is 5.12. The maximum absolute atomic E-state index is 13.8. The highest BCUT2D eigenvalue weighted by Gasteiger charge is 2.33. The molecule has 2 aromatic heterocycles. The van der Waals surface area contributed by atoms with E-state index in [2.05, 4.69) is 30.7 Å². The van der Waals surface area contributed by atoms with Crippen LogP contribution in [0.4, 0.5) is 8.78 Å². The van der Waals surface area contributed by atoms with E-state index in [4.69, 9.17) is 0 Å². The van der Waals surface area contributed by atoms with Crippen LogP contribution < -0.4 is 0 Å². The van der Waals surface area contributed by atoms with Crippen LogP contribution in [0.5, 0.6) is 0 Å². The summed E-state index contributed by atoms with van der Waals surface area (Å²) in [5, 5.41) is 18.3. The molecule has 0 saturated heterocycles. The highest BCUT2D eigenvalue weighted by molar-refractivity contribution is 5.80. The second-order valence-corrected chi connectivity index (χ2v) is 8.48. The summed E-state index contributed by atoms with van der Waals surface area (Å²) >= 11 is 0. The third-order valence-electron chi connectivity index (χ3n) is 4.84. The third kappa shape index (κ3) is 4.35. The SMILES string of the molecule is CC(F)(F)c1nc(Cc2ccc(-c3ccccc3-c3nn[nH]n3)cc2)n(C(C)(C)C)n1. The Hall–Kier alpha value is -3.49. The number of halogens is 2. The van der Waals surface area contributed by atoms with Gasteiger partial charge in [0, 0.05) is 18.9 Å². The van der Waals surface area contributed by atoms with Gasteiger partial charge in [-0.25, -0.2) is 9.67 Å². The highest BCUT2D eigenvalue weighted by atomic mass is 19.3. The number of tetrazole rings is 1. The number of hydrogen-bond donors (Lipinski definition) is 1. The minimum atomic E-state index is -3.09. The van der Waals surface area contributed by atoms with E-state index in [1.54, 1.807) is 4.68 Å². The third-order valence-corrected chi connectivity index (χ3v) is 4.84. The highest BCUT2D eigenvalue weighted by Crippen LogP contribution is 2.31. The number of aromatic amines is 1. The minimum absolute atomic E-state index is 0.396. The standard InChI is InChI=1S/C22H23F2N7/c1-21(2,3)31-18(25-20(28-31)22(4,23)24)13-14-9-11-15(12-10-14)16-7-5-6-8-17(16)19-26-29-30-27-19/h5-12H,13H2,1-4H3,(H,26,27,29,30). The van der Waals surface area contributed by atoms with Crippen molar-refractivity contribution in [2.45, 2.75) is 45.6 Å². The van der Waals surface area contributed by atoms with E-state index in [0.29, 0.717) is 18.1 Å². The summed E-state index contributed by atoms with van der Waals surface area (Å²) in [5.74, 6) is -2.52. The van der Waals surface area contributed by atoms with Gasteiger partial charge < -0.3 is 0 Å². The van der Waals surface area contributed by atoms with Gasteiger partial charge in [0.05, 0.1) is 5.54 Å². The number of rotatable bonds is 5. The zero-order valence-corrected chi connectivity index (χ0v) is 17.8. The molecule has 2 heterocycles. The van der Waals surface area contributed by atoms with Crippen LogP contribution in [0, 0.1) is 0 Å². The molecule has 0 amide bonds. The van der Waals surface area contributed by atoms with E-state index >= 15 is 0 Å². The van der Waals surface area contributed by atoms with Gasteiger partial charge in [-0.05, 0) is 42.7 Å². The molecule has 9 heteroatoms. The largest absolute Gasteiger partial charge is 0.305 e. The molecule has 0 aliphatic carbocycles. The van der Waals surface area contributed by atoms with Gasteiger partial charge in [0.2, 0.25) is 11.6 Å². The summed E-state index contributed by atoms with van der Waals surface area (Å²) in [5.41, 5.74) is 3.31. The van der Waals surface area contributed by atoms with Gasteiger partial charge >= 0.3 is 5.92 Å². The number of benzene rings is 2. The van der Waals surface area contributed by atoms with Crippen molar-refractivity contribution < 1.29 is 8.78 Å². The molecule has 0 aliphatic heterocycles. The molecule has 0 bridgehead atoms. The maximum Gasteiger partial charge on any atom is 0.305 e. The Labute approximate surface area is 178 Å². The lowest BCUT2D eigenvalue weighted by atomic mass is 9.97. The fourth-order valence-electron chi connectivity index (χ4n) is 3.37. The minimum Gasteiger partial charge on any atom is -0.244 e. The molecule has 1 N–H and O–H groups in total. The van der Waals surface area contributed by atoms with Crippen molar-refractivity contribution in [1.82, 2.24) is 35.4 Å². The van der Waals surface area contributed by atoms with Crippen LogP contribution in [-0.4, -0.2) is 35.4 Å². The number of H-pyrrole nitrogens is 1. The maximum atomic E-state index is 13.8. The average Bonchev–Trinajstić information content (AvgIpc) is 3.38. The molecule has 160 valence electrons. The molecule has 0 fully saturated rings. The molecule has 0 aliphatic rings. The summed E-state index contributed by atoms with van der Waals surface area (Å²) in [6.45, 7) is 6.57. The van der Waals surface area contributed by atoms with Gasteiger partial charge in [-0.15, -0.1) is 15.3 Å². The Morgan fingerprint density at radius 2 is 1.61 bits per heavy atom. The molecule has 7 nitrogen and oxygen atoms in total. The molecule has 2 aromatic carbocycles. The predicted molar refractivity (Wildman–Crippen MR) is 112 cm³/mol.